The van der Waals surface area contributed by atoms with Crippen molar-refractivity contribution in [3.63, 3.8) is 0 Å². The number of nitrogens with zero attached hydrogens (tertiary/aromatic N) is 2. The lowest BCUT2D eigenvalue weighted by atomic mass is 10.0. The maximum Gasteiger partial charge on any atom is 0.133 e. The number of pyridine rings is 1. The molecule has 1 aromatic heterocycles. The number of aryl methyl sites for hydroxylation is 2. The molecule has 1 aliphatic heterocycles. The normalized spacial score (nSPS) is 24.9. The van der Waals surface area contributed by atoms with E-state index in [-0.39, 0.29) is 5.54 Å². The van der Waals surface area contributed by atoms with E-state index in [1.165, 1.54) is 42.8 Å². The van der Waals surface area contributed by atoms with E-state index in [0.29, 0.717) is 0 Å². The summed E-state index contributed by atoms with van der Waals surface area (Å²) in [4.78, 5) is 7.51. The van der Waals surface area contributed by atoms with E-state index in [0.717, 1.165) is 24.2 Å². The summed E-state index contributed by atoms with van der Waals surface area (Å²) in [5.74, 6) is 2.15. The number of nitrogens with one attached hydrogen (secondary N) is 1. The highest BCUT2D eigenvalue weighted by Gasteiger charge is 2.39. The monoisotopic (exact) mass is 287 g/mol. The molecule has 0 amide bonds. The lowest BCUT2D eigenvalue weighted by Crippen LogP contribution is -2.38. The molecule has 3 rings (SSSR count). The molecule has 2 bridgehead atoms. The van der Waals surface area contributed by atoms with Crippen molar-refractivity contribution in [1.82, 2.24) is 10.3 Å². The zero-order valence-electron chi connectivity index (χ0n) is 14.2. The van der Waals surface area contributed by atoms with Crippen LogP contribution in [0.1, 0.15) is 56.9 Å². The molecule has 2 aliphatic rings. The lowest BCUT2D eigenvalue weighted by Gasteiger charge is -2.32. The summed E-state index contributed by atoms with van der Waals surface area (Å²) in [6.07, 6.45) is 4.15. The molecule has 3 nitrogen and oxygen atoms in total. The molecular weight excluding hydrogens is 258 g/mol. The predicted octanol–water partition coefficient (Wildman–Crippen LogP) is 3.58. The first kappa shape index (κ1) is 14.8. The molecule has 2 heterocycles. The SMILES string of the molecule is Cc1cc(C)c(CNC(C)(C)C)c(N2CC3CCC2C3)n1. The van der Waals surface area contributed by atoms with Crippen LogP contribution >= 0.6 is 0 Å². The highest BCUT2D eigenvalue weighted by atomic mass is 15.2. The molecule has 3 heteroatoms. The average molecular weight is 287 g/mol. The van der Waals surface area contributed by atoms with E-state index in [1.54, 1.807) is 0 Å². The molecular formula is C18H29N3. The first-order chi connectivity index (χ1) is 9.83. The van der Waals surface area contributed by atoms with Gasteiger partial charge >= 0.3 is 0 Å². The Morgan fingerprint density at radius 1 is 1.29 bits per heavy atom. The smallest absolute Gasteiger partial charge is 0.133 e. The Bertz CT molecular complexity index is 530. The number of rotatable bonds is 3. The summed E-state index contributed by atoms with van der Waals surface area (Å²) in [5, 5.41) is 3.64. The van der Waals surface area contributed by atoms with Crippen molar-refractivity contribution >= 4 is 5.82 Å². The number of hydrogen-bond acceptors (Lipinski definition) is 3. The zero-order valence-corrected chi connectivity index (χ0v) is 14.2. The second-order valence-electron chi connectivity index (χ2n) is 7.97. The maximum absolute atomic E-state index is 4.92. The van der Waals surface area contributed by atoms with Gasteiger partial charge in [0.1, 0.15) is 5.82 Å². The Balaban J connectivity index is 1.91. The van der Waals surface area contributed by atoms with Crippen LogP contribution in [0.4, 0.5) is 5.82 Å². The third-order valence-electron chi connectivity index (χ3n) is 4.93. The molecule has 21 heavy (non-hydrogen) atoms. The molecule has 116 valence electrons. The molecule has 1 aromatic rings. The topological polar surface area (TPSA) is 28.2 Å². The molecule has 1 N–H and O–H groups in total. The number of fused-ring (bicyclic) bond motifs is 2. The Morgan fingerprint density at radius 2 is 2.05 bits per heavy atom. The number of hydrogen-bond donors (Lipinski definition) is 1. The van der Waals surface area contributed by atoms with Crippen LogP contribution in [0.15, 0.2) is 6.07 Å². The van der Waals surface area contributed by atoms with Gasteiger partial charge in [0.15, 0.2) is 0 Å². The number of piperidine rings is 1. The second-order valence-corrected chi connectivity index (χ2v) is 7.97. The molecule has 2 atom stereocenters. The van der Waals surface area contributed by atoms with Crippen molar-refractivity contribution in [3.05, 3.63) is 22.9 Å². The van der Waals surface area contributed by atoms with Gasteiger partial charge in [0.25, 0.3) is 0 Å². The summed E-state index contributed by atoms with van der Waals surface area (Å²) in [7, 11) is 0. The van der Waals surface area contributed by atoms with Gasteiger partial charge in [0.2, 0.25) is 0 Å². The fourth-order valence-corrected chi connectivity index (χ4v) is 3.84. The largest absolute Gasteiger partial charge is 0.353 e. The van der Waals surface area contributed by atoms with Gasteiger partial charge < -0.3 is 10.2 Å². The van der Waals surface area contributed by atoms with Gasteiger partial charge in [-0.05, 0) is 71.4 Å². The fraction of sp³-hybridized carbons (Fsp3) is 0.722. The van der Waals surface area contributed by atoms with Crippen LogP contribution in [-0.4, -0.2) is 23.1 Å². The van der Waals surface area contributed by atoms with Crippen LogP contribution in [0.2, 0.25) is 0 Å². The van der Waals surface area contributed by atoms with Gasteiger partial charge in [0.05, 0.1) is 0 Å². The van der Waals surface area contributed by atoms with Crippen LogP contribution in [0.3, 0.4) is 0 Å². The summed E-state index contributed by atoms with van der Waals surface area (Å²) in [6, 6.07) is 2.95. The second kappa shape index (κ2) is 5.28. The van der Waals surface area contributed by atoms with Crippen LogP contribution in [0, 0.1) is 19.8 Å². The third-order valence-corrected chi connectivity index (χ3v) is 4.93. The number of anilines is 1. The average Bonchev–Trinajstić information content (AvgIpc) is 2.97. The van der Waals surface area contributed by atoms with Crippen molar-refractivity contribution in [2.24, 2.45) is 5.92 Å². The van der Waals surface area contributed by atoms with E-state index in [2.05, 4.69) is 50.9 Å². The van der Waals surface area contributed by atoms with E-state index in [9.17, 15) is 0 Å². The summed E-state index contributed by atoms with van der Waals surface area (Å²) >= 11 is 0. The van der Waals surface area contributed by atoms with E-state index < -0.39 is 0 Å². The highest BCUT2D eigenvalue weighted by Crippen LogP contribution is 2.41. The summed E-state index contributed by atoms with van der Waals surface area (Å²) in [5.41, 5.74) is 4.04. The lowest BCUT2D eigenvalue weighted by molar-refractivity contribution is 0.423. The molecule has 1 aliphatic carbocycles. The van der Waals surface area contributed by atoms with Crippen molar-refractivity contribution < 1.29 is 0 Å². The van der Waals surface area contributed by atoms with Gasteiger partial charge in [-0.15, -0.1) is 0 Å². The molecule has 1 saturated carbocycles. The van der Waals surface area contributed by atoms with Gasteiger partial charge in [-0.2, -0.15) is 0 Å². The minimum absolute atomic E-state index is 0.138. The van der Waals surface area contributed by atoms with Crippen molar-refractivity contribution in [1.29, 1.82) is 0 Å². The van der Waals surface area contributed by atoms with Crippen LogP contribution < -0.4 is 10.2 Å². The minimum atomic E-state index is 0.138. The first-order valence-corrected chi connectivity index (χ1v) is 8.32. The first-order valence-electron chi connectivity index (χ1n) is 8.32. The Labute approximate surface area is 129 Å². The summed E-state index contributed by atoms with van der Waals surface area (Å²) < 4.78 is 0. The summed E-state index contributed by atoms with van der Waals surface area (Å²) in [6.45, 7) is 13.1. The van der Waals surface area contributed by atoms with Crippen LogP contribution in [-0.2, 0) is 6.54 Å². The zero-order chi connectivity index (χ0) is 15.2. The quantitative estimate of drug-likeness (QED) is 0.921. The van der Waals surface area contributed by atoms with Gasteiger partial charge in [-0.25, -0.2) is 4.98 Å². The molecule has 0 radical (unpaired) electrons. The maximum atomic E-state index is 4.92. The molecule has 2 fully saturated rings. The standard InChI is InChI=1S/C18H29N3/c1-12-8-13(2)20-17(16(12)10-19-18(3,4)5)21-11-14-6-7-15(21)9-14/h8,14-15,19H,6-7,9-11H2,1-5H3. The van der Waals surface area contributed by atoms with E-state index in [1.807, 2.05) is 0 Å². The van der Waals surface area contributed by atoms with Crippen molar-refractivity contribution in [3.8, 4) is 0 Å². The van der Waals surface area contributed by atoms with Gasteiger partial charge in [-0.1, -0.05) is 0 Å². The molecule has 2 unspecified atom stereocenters. The molecule has 0 spiro atoms. The highest BCUT2D eigenvalue weighted by molar-refractivity contribution is 5.54. The fourth-order valence-electron chi connectivity index (χ4n) is 3.84. The van der Waals surface area contributed by atoms with Crippen LogP contribution in [0.5, 0.6) is 0 Å². The van der Waals surface area contributed by atoms with Crippen LogP contribution in [0.25, 0.3) is 0 Å². The Morgan fingerprint density at radius 3 is 2.62 bits per heavy atom. The third kappa shape index (κ3) is 3.08. The molecule has 1 saturated heterocycles. The van der Waals surface area contributed by atoms with Gasteiger partial charge in [-0.3, -0.25) is 0 Å². The van der Waals surface area contributed by atoms with Crippen molar-refractivity contribution in [2.75, 3.05) is 11.4 Å². The van der Waals surface area contributed by atoms with Gasteiger partial charge in [0, 0.05) is 35.9 Å². The van der Waals surface area contributed by atoms with Crippen molar-refractivity contribution in [2.45, 2.75) is 72.0 Å². The Kier molecular flexibility index (Phi) is 3.73. The Hall–Kier alpha value is -1.09. The van der Waals surface area contributed by atoms with E-state index >= 15 is 0 Å². The predicted molar refractivity (Wildman–Crippen MR) is 88.8 cm³/mol. The minimum Gasteiger partial charge on any atom is -0.353 e. The number of aromatic nitrogens is 1. The van der Waals surface area contributed by atoms with E-state index in [4.69, 9.17) is 4.98 Å². The molecule has 0 aromatic carbocycles.